The summed E-state index contributed by atoms with van der Waals surface area (Å²) in [5.41, 5.74) is 43.0. The van der Waals surface area contributed by atoms with Gasteiger partial charge in [-0.05, 0) is 77.9 Å². The van der Waals surface area contributed by atoms with Crippen molar-refractivity contribution in [3.05, 3.63) is 83.9 Å². The summed E-state index contributed by atoms with van der Waals surface area (Å²) in [4.78, 5) is 0. The lowest BCUT2D eigenvalue weighted by molar-refractivity contribution is 0.489. The fraction of sp³-hybridized carbons (Fsp3) is 0.0769. The van der Waals surface area contributed by atoms with Crippen LogP contribution in [0.2, 0.25) is 0 Å². The molecule has 0 aliphatic carbocycles. The van der Waals surface area contributed by atoms with E-state index in [1.807, 2.05) is 48.5 Å². The van der Waals surface area contributed by atoms with Crippen molar-refractivity contribution in [2.24, 2.45) is 0 Å². The second-order valence-corrected chi connectivity index (χ2v) is 8.30. The highest BCUT2D eigenvalue weighted by molar-refractivity contribution is 5.85. The first-order valence-corrected chi connectivity index (χ1v) is 11.0. The van der Waals surface area contributed by atoms with Crippen molar-refractivity contribution in [3.8, 4) is 11.5 Å². The molecule has 0 unspecified atom stereocenters. The third-order valence-electron chi connectivity index (χ3n) is 5.33. The molecule has 188 valence electrons. The largest absolute Gasteiger partial charge is 0.451 e. The van der Waals surface area contributed by atoms with Crippen molar-refractivity contribution in [1.82, 2.24) is 0 Å². The average Bonchev–Trinajstić information content (AvgIpc) is 2.79. The van der Waals surface area contributed by atoms with E-state index in [2.05, 4.69) is 10.6 Å². The molecule has 0 aromatic heterocycles. The topological polar surface area (TPSA) is 189 Å². The van der Waals surface area contributed by atoms with Crippen molar-refractivity contribution >= 4 is 57.9 Å². The van der Waals surface area contributed by atoms with Gasteiger partial charge >= 0.3 is 0 Å². The summed E-state index contributed by atoms with van der Waals surface area (Å²) in [5, 5.41) is 6.63. The van der Waals surface area contributed by atoms with Gasteiger partial charge in [-0.25, -0.2) is 0 Å². The van der Waals surface area contributed by atoms with Gasteiger partial charge in [0.05, 0.1) is 17.1 Å². The lowest BCUT2D eigenvalue weighted by atomic mass is 10.1. The number of anilines is 8. The molecule has 36 heavy (non-hydrogen) atoms. The van der Waals surface area contributed by atoms with Crippen molar-refractivity contribution in [3.63, 3.8) is 0 Å². The Morgan fingerprint density at radius 3 is 1.86 bits per heavy atom. The number of rotatable bonds is 8. The van der Waals surface area contributed by atoms with Gasteiger partial charge in [0, 0.05) is 41.5 Å². The van der Waals surface area contributed by atoms with Gasteiger partial charge in [-0.15, -0.1) is 12.4 Å². The van der Waals surface area contributed by atoms with Crippen LogP contribution < -0.4 is 49.8 Å². The monoisotopic (exact) mass is 506 g/mol. The first-order chi connectivity index (χ1) is 16.8. The van der Waals surface area contributed by atoms with Crippen LogP contribution >= 0.6 is 12.4 Å². The first kappa shape index (κ1) is 26.0. The maximum Gasteiger partial charge on any atom is 0.173 e. The number of nitrogen functional groups attached to an aromatic ring is 6. The summed E-state index contributed by atoms with van der Waals surface area (Å²) in [6.45, 7) is 0.991. The van der Waals surface area contributed by atoms with Crippen molar-refractivity contribution in [1.29, 1.82) is 0 Å². The number of halogens is 1. The smallest absolute Gasteiger partial charge is 0.173 e. The van der Waals surface area contributed by atoms with Crippen LogP contribution in [0.5, 0.6) is 11.5 Å². The molecule has 10 heteroatoms. The Kier molecular flexibility index (Phi) is 8.08. The van der Waals surface area contributed by atoms with Crippen LogP contribution in [0.1, 0.15) is 11.1 Å². The van der Waals surface area contributed by atoms with Crippen LogP contribution in [0.3, 0.4) is 0 Å². The highest BCUT2D eigenvalue weighted by Crippen LogP contribution is 2.38. The molecule has 0 amide bonds. The molecule has 0 atom stereocenters. The minimum Gasteiger partial charge on any atom is -0.451 e. The summed E-state index contributed by atoms with van der Waals surface area (Å²) in [5.74, 6) is 0.902. The van der Waals surface area contributed by atoms with E-state index in [0.29, 0.717) is 64.4 Å². The minimum atomic E-state index is 0. The Balaban J connectivity index is 0.00000361. The van der Waals surface area contributed by atoms with Crippen LogP contribution in [0.15, 0.2) is 72.8 Å². The Labute approximate surface area is 216 Å². The summed E-state index contributed by atoms with van der Waals surface area (Å²) < 4.78 is 6.14. The average molecular weight is 507 g/mol. The highest BCUT2D eigenvalue weighted by Gasteiger charge is 2.13. The molecule has 0 saturated carbocycles. The van der Waals surface area contributed by atoms with E-state index < -0.39 is 0 Å². The van der Waals surface area contributed by atoms with Crippen molar-refractivity contribution < 1.29 is 4.74 Å². The van der Waals surface area contributed by atoms with E-state index in [-0.39, 0.29) is 12.4 Å². The standard InChI is InChI=1S/C26H30N8O.ClH/c27-17-2-1-3-21(11-17)33-13-16-8-22(31)26(23(32)9-16)35-25-5-4-18(28)12-24(25)34-14-15-6-19(29)10-20(30)7-15;/h1-12,33-34H,13-14,27-32H2;1H. The number of ether oxygens (including phenoxy) is 1. The SMILES string of the molecule is Cl.Nc1cc(N)cc(CNc2cc(N)ccc2Oc2c(N)cc(CNc3cccc(N)c3)cc2N)c1. The van der Waals surface area contributed by atoms with E-state index in [1.165, 1.54) is 0 Å². The summed E-state index contributed by atoms with van der Waals surface area (Å²) >= 11 is 0. The maximum atomic E-state index is 6.32. The molecule has 0 radical (unpaired) electrons. The fourth-order valence-corrected chi connectivity index (χ4v) is 3.74. The lowest BCUT2D eigenvalue weighted by Gasteiger charge is -2.17. The third kappa shape index (κ3) is 6.49. The van der Waals surface area contributed by atoms with Gasteiger partial charge in [-0.3, -0.25) is 0 Å². The predicted molar refractivity (Wildman–Crippen MR) is 154 cm³/mol. The number of benzene rings is 4. The van der Waals surface area contributed by atoms with E-state index >= 15 is 0 Å². The number of nitrogens with one attached hydrogen (secondary N) is 2. The minimum absolute atomic E-state index is 0. The number of hydrogen-bond donors (Lipinski definition) is 8. The summed E-state index contributed by atoms with van der Waals surface area (Å²) in [6.07, 6.45) is 0. The van der Waals surface area contributed by atoms with E-state index in [0.717, 1.165) is 16.8 Å². The zero-order valence-electron chi connectivity index (χ0n) is 19.6. The van der Waals surface area contributed by atoms with Crippen LogP contribution in [-0.2, 0) is 13.1 Å². The van der Waals surface area contributed by atoms with E-state index in [4.69, 9.17) is 39.1 Å². The first-order valence-electron chi connectivity index (χ1n) is 11.0. The van der Waals surface area contributed by atoms with Gasteiger partial charge in [-0.2, -0.15) is 0 Å². The third-order valence-corrected chi connectivity index (χ3v) is 5.33. The van der Waals surface area contributed by atoms with E-state index in [1.54, 1.807) is 24.3 Å². The van der Waals surface area contributed by atoms with Gasteiger partial charge in [0.1, 0.15) is 0 Å². The van der Waals surface area contributed by atoms with Crippen LogP contribution in [0.25, 0.3) is 0 Å². The second kappa shape index (κ2) is 11.2. The molecule has 4 rings (SSSR count). The van der Waals surface area contributed by atoms with Gasteiger partial charge in [0.15, 0.2) is 11.5 Å². The highest BCUT2D eigenvalue weighted by atomic mass is 35.5. The molecule has 9 nitrogen and oxygen atoms in total. The summed E-state index contributed by atoms with van der Waals surface area (Å²) in [6, 6.07) is 21.9. The molecule has 14 N–H and O–H groups in total. The molecule has 0 fully saturated rings. The molecular weight excluding hydrogens is 476 g/mol. The Morgan fingerprint density at radius 2 is 1.19 bits per heavy atom. The van der Waals surface area contributed by atoms with Gasteiger partial charge in [-0.1, -0.05) is 6.07 Å². The predicted octanol–water partition coefficient (Wildman–Crippen LogP) is 4.62. The van der Waals surface area contributed by atoms with Gasteiger partial charge in [0.25, 0.3) is 0 Å². The molecule has 0 saturated heterocycles. The molecule has 0 spiro atoms. The van der Waals surface area contributed by atoms with Crippen molar-refractivity contribution in [2.75, 3.05) is 45.0 Å². The Morgan fingerprint density at radius 1 is 0.583 bits per heavy atom. The molecule has 0 aliphatic heterocycles. The Bertz CT molecular complexity index is 1320. The molecule has 4 aromatic carbocycles. The van der Waals surface area contributed by atoms with Gasteiger partial charge in [0.2, 0.25) is 0 Å². The van der Waals surface area contributed by atoms with E-state index in [9.17, 15) is 0 Å². The summed E-state index contributed by atoms with van der Waals surface area (Å²) in [7, 11) is 0. The zero-order valence-corrected chi connectivity index (χ0v) is 20.4. The van der Waals surface area contributed by atoms with Crippen LogP contribution in [0.4, 0.5) is 45.5 Å². The normalized spacial score (nSPS) is 10.3. The second-order valence-electron chi connectivity index (χ2n) is 8.30. The Hall–Kier alpha value is -4.63. The number of hydrogen-bond acceptors (Lipinski definition) is 9. The number of nitrogens with two attached hydrogens (primary N) is 6. The van der Waals surface area contributed by atoms with Crippen molar-refractivity contribution in [2.45, 2.75) is 13.1 Å². The maximum absolute atomic E-state index is 6.32. The molecule has 4 aromatic rings. The van der Waals surface area contributed by atoms with Gasteiger partial charge < -0.3 is 49.8 Å². The molecular formula is C26H31ClN8O. The fourth-order valence-electron chi connectivity index (χ4n) is 3.74. The lowest BCUT2D eigenvalue weighted by Crippen LogP contribution is -2.06. The van der Waals surface area contributed by atoms with Crippen LogP contribution in [-0.4, -0.2) is 0 Å². The quantitative estimate of drug-likeness (QED) is 0.157. The molecule has 0 bridgehead atoms. The zero-order chi connectivity index (χ0) is 24.9. The molecule has 0 aliphatic rings. The molecule has 0 heterocycles. The van der Waals surface area contributed by atoms with Crippen LogP contribution in [0, 0.1) is 0 Å².